The van der Waals surface area contributed by atoms with Crippen molar-refractivity contribution in [2.45, 2.75) is 58.4 Å². The zero-order chi connectivity index (χ0) is 9.94. The first-order chi connectivity index (χ1) is 6.31. The van der Waals surface area contributed by atoms with Gasteiger partial charge in [-0.05, 0) is 32.7 Å². The van der Waals surface area contributed by atoms with Crippen molar-refractivity contribution in [2.24, 2.45) is 0 Å². The standard InChI is InChI=1S/C12H23N/c1-4-6-7-8-9-10-12(3)13-11-5-2/h1,12-13H,5-11H2,2-3H3. The van der Waals surface area contributed by atoms with Crippen LogP contribution in [0.2, 0.25) is 0 Å². The lowest BCUT2D eigenvalue weighted by Crippen LogP contribution is -2.26. The number of hydrogen-bond acceptors (Lipinski definition) is 1. The summed E-state index contributed by atoms with van der Waals surface area (Å²) < 4.78 is 0. The van der Waals surface area contributed by atoms with Crippen LogP contribution in [0.3, 0.4) is 0 Å². The molecule has 0 rings (SSSR count). The van der Waals surface area contributed by atoms with Gasteiger partial charge in [0.25, 0.3) is 0 Å². The van der Waals surface area contributed by atoms with Crippen LogP contribution in [-0.2, 0) is 0 Å². The van der Waals surface area contributed by atoms with Crippen molar-refractivity contribution in [3.8, 4) is 12.3 Å². The summed E-state index contributed by atoms with van der Waals surface area (Å²) in [6, 6.07) is 0.672. The van der Waals surface area contributed by atoms with Gasteiger partial charge in [-0.15, -0.1) is 12.3 Å². The topological polar surface area (TPSA) is 12.0 Å². The molecule has 0 fully saturated rings. The average molecular weight is 181 g/mol. The summed E-state index contributed by atoms with van der Waals surface area (Å²) in [4.78, 5) is 0. The largest absolute Gasteiger partial charge is 0.314 e. The summed E-state index contributed by atoms with van der Waals surface area (Å²) in [6.07, 6.45) is 12.4. The third-order valence-electron chi connectivity index (χ3n) is 2.20. The number of rotatable bonds is 8. The highest BCUT2D eigenvalue weighted by molar-refractivity contribution is 4.82. The molecule has 0 bridgehead atoms. The molecular formula is C12H23N. The molecule has 0 amide bonds. The predicted octanol–water partition coefficient (Wildman–Crippen LogP) is 2.96. The van der Waals surface area contributed by atoms with Crippen LogP contribution in [0.4, 0.5) is 0 Å². The minimum atomic E-state index is 0.672. The zero-order valence-electron chi connectivity index (χ0n) is 9.10. The SMILES string of the molecule is C#CCCCCCC(C)NCCC. The van der Waals surface area contributed by atoms with Gasteiger partial charge < -0.3 is 5.32 Å². The number of nitrogens with one attached hydrogen (secondary N) is 1. The summed E-state index contributed by atoms with van der Waals surface area (Å²) in [5.41, 5.74) is 0. The van der Waals surface area contributed by atoms with Crippen molar-refractivity contribution in [1.82, 2.24) is 5.32 Å². The summed E-state index contributed by atoms with van der Waals surface area (Å²) in [7, 11) is 0. The first kappa shape index (κ1) is 12.5. The van der Waals surface area contributed by atoms with Crippen LogP contribution in [0.15, 0.2) is 0 Å². The second kappa shape index (κ2) is 9.61. The molecule has 0 aliphatic rings. The summed E-state index contributed by atoms with van der Waals surface area (Å²) in [5.74, 6) is 2.67. The van der Waals surface area contributed by atoms with E-state index >= 15 is 0 Å². The number of unbranched alkanes of at least 4 members (excludes halogenated alkanes) is 3. The Morgan fingerprint density at radius 1 is 1.31 bits per heavy atom. The molecule has 0 aromatic carbocycles. The van der Waals surface area contributed by atoms with Gasteiger partial charge in [0.1, 0.15) is 0 Å². The van der Waals surface area contributed by atoms with Crippen molar-refractivity contribution in [3.05, 3.63) is 0 Å². The fourth-order valence-corrected chi connectivity index (χ4v) is 1.35. The van der Waals surface area contributed by atoms with E-state index in [4.69, 9.17) is 6.42 Å². The molecule has 1 N–H and O–H groups in total. The van der Waals surface area contributed by atoms with E-state index in [0.717, 1.165) is 13.0 Å². The Balaban J connectivity index is 3.08. The highest BCUT2D eigenvalue weighted by atomic mass is 14.9. The maximum atomic E-state index is 5.17. The van der Waals surface area contributed by atoms with E-state index in [0.29, 0.717) is 6.04 Å². The van der Waals surface area contributed by atoms with Crippen LogP contribution >= 0.6 is 0 Å². The summed E-state index contributed by atoms with van der Waals surface area (Å²) in [6.45, 7) is 5.61. The van der Waals surface area contributed by atoms with E-state index < -0.39 is 0 Å². The minimum absolute atomic E-state index is 0.672. The molecule has 0 aliphatic heterocycles. The fourth-order valence-electron chi connectivity index (χ4n) is 1.35. The minimum Gasteiger partial charge on any atom is -0.314 e. The molecule has 0 heterocycles. The number of hydrogen-bond donors (Lipinski definition) is 1. The van der Waals surface area contributed by atoms with Gasteiger partial charge in [-0.3, -0.25) is 0 Å². The van der Waals surface area contributed by atoms with E-state index in [9.17, 15) is 0 Å². The van der Waals surface area contributed by atoms with E-state index in [-0.39, 0.29) is 0 Å². The van der Waals surface area contributed by atoms with Crippen LogP contribution in [-0.4, -0.2) is 12.6 Å². The van der Waals surface area contributed by atoms with Crippen LogP contribution in [0, 0.1) is 12.3 Å². The van der Waals surface area contributed by atoms with Crippen molar-refractivity contribution >= 4 is 0 Å². The Morgan fingerprint density at radius 3 is 2.69 bits per heavy atom. The lowest BCUT2D eigenvalue weighted by molar-refractivity contribution is 0.485. The highest BCUT2D eigenvalue weighted by Gasteiger charge is 1.98. The monoisotopic (exact) mass is 181 g/mol. The summed E-state index contributed by atoms with van der Waals surface area (Å²) in [5, 5.41) is 3.48. The molecule has 1 heteroatoms. The van der Waals surface area contributed by atoms with Crippen LogP contribution in [0.5, 0.6) is 0 Å². The van der Waals surface area contributed by atoms with Crippen LogP contribution in [0.1, 0.15) is 52.4 Å². The second-order valence-electron chi connectivity index (χ2n) is 3.66. The van der Waals surface area contributed by atoms with Gasteiger partial charge in [0.05, 0.1) is 0 Å². The average Bonchev–Trinajstić information content (AvgIpc) is 2.14. The molecule has 13 heavy (non-hydrogen) atoms. The van der Waals surface area contributed by atoms with E-state index in [1.807, 2.05) is 0 Å². The molecule has 76 valence electrons. The first-order valence-electron chi connectivity index (χ1n) is 5.48. The molecule has 0 radical (unpaired) electrons. The molecule has 0 aromatic rings. The second-order valence-corrected chi connectivity index (χ2v) is 3.66. The van der Waals surface area contributed by atoms with E-state index in [2.05, 4.69) is 25.1 Å². The molecule has 0 aromatic heterocycles. The third kappa shape index (κ3) is 9.43. The molecule has 1 atom stereocenters. The van der Waals surface area contributed by atoms with Gasteiger partial charge in [0.15, 0.2) is 0 Å². The van der Waals surface area contributed by atoms with E-state index in [1.165, 1.54) is 32.1 Å². The maximum Gasteiger partial charge on any atom is 0.00860 e. The van der Waals surface area contributed by atoms with Crippen molar-refractivity contribution in [1.29, 1.82) is 0 Å². The molecule has 1 unspecified atom stereocenters. The molecule has 0 spiro atoms. The predicted molar refractivity (Wildman–Crippen MR) is 59.7 cm³/mol. The zero-order valence-corrected chi connectivity index (χ0v) is 9.10. The van der Waals surface area contributed by atoms with Gasteiger partial charge in [0, 0.05) is 12.5 Å². The Morgan fingerprint density at radius 2 is 2.08 bits per heavy atom. The smallest absolute Gasteiger partial charge is 0.00860 e. The highest BCUT2D eigenvalue weighted by Crippen LogP contribution is 2.04. The Labute approximate surface area is 83.3 Å². The third-order valence-corrected chi connectivity index (χ3v) is 2.20. The quantitative estimate of drug-likeness (QED) is 0.448. The Hall–Kier alpha value is -0.480. The van der Waals surface area contributed by atoms with Gasteiger partial charge in [0.2, 0.25) is 0 Å². The van der Waals surface area contributed by atoms with Crippen molar-refractivity contribution < 1.29 is 0 Å². The first-order valence-corrected chi connectivity index (χ1v) is 5.48. The Bertz CT molecular complexity index is 135. The van der Waals surface area contributed by atoms with Gasteiger partial charge >= 0.3 is 0 Å². The van der Waals surface area contributed by atoms with Crippen LogP contribution < -0.4 is 5.32 Å². The Kier molecular flexibility index (Phi) is 9.25. The molecule has 1 nitrogen and oxygen atoms in total. The molecule has 0 aliphatic carbocycles. The van der Waals surface area contributed by atoms with Crippen molar-refractivity contribution in [3.63, 3.8) is 0 Å². The fraction of sp³-hybridized carbons (Fsp3) is 0.833. The van der Waals surface area contributed by atoms with Crippen LogP contribution in [0.25, 0.3) is 0 Å². The van der Waals surface area contributed by atoms with E-state index in [1.54, 1.807) is 0 Å². The van der Waals surface area contributed by atoms with Crippen molar-refractivity contribution in [2.75, 3.05) is 6.54 Å². The normalized spacial score (nSPS) is 12.4. The van der Waals surface area contributed by atoms with Gasteiger partial charge in [-0.25, -0.2) is 0 Å². The lowest BCUT2D eigenvalue weighted by Gasteiger charge is -2.12. The van der Waals surface area contributed by atoms with Gasteiger partial charge in [-0.1, -0.05) is 19.8 Å². The lowest BCUT2D eigenvalue weighted by atomic mass is 10.1. The number of terminal acetylenes is 1. The van der Waals surface area contributed by atoms with Gasteiger partial charge in [-0.2, -0.15) is 0 Å². The molecule has 0 saturated carbocycles. The maximum absolute atomic E-state index is 5.17. The summed E-state index contributed by atoms with van der Waals surface area (Å²) >= 11 is 0. The molecular weight excluding hydrogens is 158 g/mol. The molecule has 0 saturated heterocycles.